The third-order valence-electron chi connectivity index (χ3n) is 2.40. The molecule has 0 aliphatic rings. The number of aromatic hydroxyl groups is 2. The van der Waals surface area contributed by atoms with E-state index in [4.69, 9.17) is 4.74 Å². The zero-order chi connectivity index (χ0) is 12.4. The van der Waals surface area contributed by atoms with Gasteiger partial charge >= 0.3 is 0 Å². The summed E-state index contributed by atoms with van der Waals surface area (Å²) in [5, 5.41) is 19.1. The summed E-state index contributed by atoms with van der Waals surface area (Å²) < 4.78 is 17.9. The van der Waals surface area contributed by atoms with Gasteiger partial charge in [-0.05, 0) is 29.8 Å². The van der Waals surface area contributed by atoms with Gasteiger partial charge in [0.1, 0.15) is 23.1 Å². The zero-order valence-electron chi connectivity index (χ0n) is 9.14. The van der Waals surface area contributed by atoms with E-state index in [9.17, 15) is 14.6 Å². The fourth-order valence-corrected chi connectivity index (χ4v) is 1.61. The van der Waals surface area contributed by atoms with E-state index < -0.39 is 5.82 Å². The van der Waals surface area contributed by atoms with E-state index >= 15 is 0 Å². The van der Waals surface area contributed by atoms with E-state index in [0.29, 0.717) is 16.9 Å². The Bertz CT molecular complexity index is 552. The molecule has 4 heteroatoms. The van der Waals surface area contributed by atoms with Crippen LogP contribution >= 0.6 is 0 Å². The van der Waals surface area contributed by atoms with Crippen LogP contribution in [-0.2, 0) is 0 Å². The first-order valence-electron chi connectivity index (χ1n) is 4.97. The van der Waals surface area contributed by atoms with Crippen LogP contribution in [0.1, 0.15) is 0 Å². The van der Waals surface area contributed by atoms with Crippen molar-refractivity contribution in [2.24, 2.45) is 0 Å². The fourth-order valence-electron chi connectivity index (χ4n) is 1.61. The molecule has 0 bridgehead atoms. The Morgan fingerprint density at radius 2 is 1.82 bits per heavy atom. The van der Waals surface area contributed by atoms with Crippen LogP contribution in [0.5, 0.6) is 17.2 Å². The molecule has 0 aliphatic heterocycles. The number of phenols is 2. The number of methoxy groups -OCH3 is 1. The molecule has 0 atom stereocenters. The molecule has 0 spiro atoms. The molecule has 0 heterocycles. The Morgan fingerprint density at radius 1 is 1.06 bits per heavy atom. The molecular weight excluding hydrogens is 223 g/mol. The lowest BCUT2D eigenvalue weighted by molar-refractivity contribution is 0.408. The molecule has 2 aromatic rings. The molecule has 2 N–H and O–H groups in total. The third kappa shape index (κ3) is 2.30. The number of hydrogen-bond donors (Lipinski definition) is 2. The van der Waals surface area contributed by atoms with E-state index in [1.807, 2.05) is 0 Å². The summed E-state index contributed by atoms with van der Waals surface area (Å²) in [6.45, 7) is 0. The smallest absolute Gasteiger partial charge is 0.126 e. The molecule has 0 radical (unpaired) electrons. The Kier molecular flexibility index (Phi) is 2.87. The van der Waals surface area contributed by atoms with Gasteiger partial charge in [-0.2, -0.15) is 0 Å². The van der Waals surface area contributed by atoms with Gasteiger partial charge in [-0.15, -0.1) is 0 Å². The van der Waals surface area contributed by atoms with Crippen molar-refractivity contribution in [3.63, 3.8) is 0 Å². The third-order valence-corrected chi connectivity index (χ3v) is 2.40. The fraction of sp³-hybridized carbons (Fsp3) is 0.0769. The second-order valence-electron chi connectivity index (χ2n) is 3.58. The molecule has 0 unspecified atom stereocenters. The monoisotopic (exact) mass is 234 g/mol. The molecule has 2 aromatic carbocycles. The van der Waals surface area contributed by atoms with Crippen molar-refractivity contribution in [3.05, 3.63) is 42.2 Å². The maximum atomic E-state index is 12.9. The molecule has 0 aromatic heterocycles. The van der Waals surface area contributed by atoms with E-state index in [-0.39, 0.29) is 11.5 Å². The minimum Gasteiger partial charge on any atom is -0.508 e. The van der Waals surface area contributed by atoms with Gasteiger partial charge in [0, 0.05) is 17.7 Å². The molecule has 2 rings (SSSR count). The minimum absolute atomic E-state index is 0.0167. The predicted octanol–water partition coefficient (Wildman–Crippen LogP) is 2.91. The molecule has 3 nitrogen and oxygen atoms in total. The summed E-state index contributed by atoms with van der Waals surface area (Å²) in [6, 6.07) is 8.27. The first kappa shape index (κ1) is 11.3. The van der Waals surface area contributed by atoms with Crippen LogP contribution in [0.15, 0.2) is 36.4 Å². The molecule has 0 saturated heterocycles. The molecular formula is C13H11FO3. The van der Waals surface area contributed by atoms with Crippen LogP contribution in [0.2, 0.25) is 0 Å². The molecule has 0 amide bonds. The number of benzene rings is 2. The van der Waals surface area contributed by atoms with Crippen LogP contribution in [0.3, 0.4) is 0 Å². The highest BCUT2D eigenvalue weighted by molar-refractivity contribution is 5.72. The molecule has 0 saturated carbocycles. The van der Waals surface area contributed by atoms with Gasteiger partial charge in [0.25, 0.3) is 0 Å². The second kappa shape index (κ2) is 4.33. The number of phenolic OH excluding ortho intramolecular Hbond substituents is 2. The van der Waals surface area contributed by atoms with Gasteiger partial charge in [0.05, 0.1) is 7.11 Å². The predicted molar refractivity (Wildman–Crippen MR) is 61.7 cm³/mol. The van der Waals surface area contributed by atoms with E-state index in [2.05, 4.69) is 0 Å². The topological polar surface area (TPSA) is 49.7 Å². The number of hydrogen-bond acceptors (Lipinski definition) is 3. The maximum Gasteiger partial charge on any atom is 0.126 e. The van der Waals surface area contributed by atoms with Crippen LogP contribution in [0, 0.1) is 5.82 Å². The van der Waals surface area contributed by atoms with Gasteiger partial charge in [-0.25, -0.2) is 4.39 Å². The van der Waals surface area contributed by atoms with Gasteiger partial charge in [0.2, 0.25) is 0 Å². The van der Waals surface area contributed by atoms with E-state index in [1.165, 1.54) is 31.4 Å². The summed E-state index contributed by atoms with van der Waals surface area (Å²) in [6.07, 6.45) is 0. The highest BCUT2D eigenvalue weighted by Crippen LogP contribution is 2.34. The average Bonchev–Trinajstić information content (AvgIpc) is 2.28. The second-order valence-corrected chi connectivity index (χ2v) is 3.58. The first-order chi connectivity index (χ1) is 8.10. The summed E-state index contributed by atoms with van der Waals surface area (Å²) in [7, 11) is 1.48. The van der Waals surface area contributed by atoms with Crippen LogP contribution in [-0.4, -0.2) is 17.3 Å². The van der Waals surface area contributed by atoms with Gasteiger partial charge in [-0.3, -0.25) is 0 Å². The van der Waals surface area contributed by atoms with Crippen molar-refractivity contribution >= 4 is 0 Å². The molecule has 17 heavy (non-hydrogen) atoms. The Morgan fingerprint density at radius 3 is 2.47 bits per heavy atom. The summed E-state index contributed by atoms with van der Waals surface area (Å²) in [5.74, 6) is -0.220. The summed E-state index contributed by atoms with van der Waals surface area (Å²) in [4.78, 5) is 0. The standard InChI is InChI=1S/C13H11FO3/c1-17-11-5-8(4-10(15)7-11)12-3-2-9(14)6-13(12)16/h2-7,15-16H,1H3. The maximum absolute atomic E-state index is 12.9. The lowest BCUT2D eigenvalue weighted by Crippen LogP contribution is -1.85. The number of ether oxygens (including phenoxy) is 1. The lowest BCUT2D eigenvalue weighted by Gasteiger charge is -2.08. The van der Waals surface area contributed by atoms with Crippen LogP contribution in [0.4, 0.5) is 4.39 Å². The van der Waals surface area contributed by atoms with Crippen molar-refractivity contribution in [1.82, 2.24) is 0 Å². The lowest BCUT2D eigenvalue weighted by atomic mass is 10.0. The SMILES string of the molecule is COc1cc(O)cc(-c2ccc(F)cc2O)c1. The normalized spacial score (nSPS) is 10.2. The summed E-state index contributed by atoms with van der Waals surface area (Å²) >= 11 is 0. The number of halogens is 1. The van der Waals surface area contributed by atoms with E-state index in [0.717, 1.165) is 6.07 Å². The van der Waals surface area contributed by atoms with Crippen molar-refractivity contribution in [3.8, 4) is 28.4 Å². The van der Waals surface area contributed by atoms with Crippen LogP contribution in [0.25, 0.3) is 11.1 Å². The highest BCUT2D eigenvalue weighted by Gasteiger charge is 2.08. The Hall–Kier alpha value is -2.23. The quantitative estimate of drug-likeness (QED) is 0.839. The van der Waals surface area contributed by atoms with Crippen molar-refractivity contribution in [2.45, 2.75) is 0 Å². The zero-order valence-corrected chi connectivity index (χ0v) is 9.14. The van der Waals surface area contributed by atoms with Gasteiger partial charge in [-0.1, -0.05) is 0 Å². The number of rotatable bonds is 2. The molecule has 0 fully saturated rings. The highest BCUT2D eigenvalue weighted by atomic mass is 19.1. The van der Waals surface area contributed by atoms with Crippen molar-refractivity contribution in [1.29, 1.82) is 0 Å². The minimum atomic E-state index is -0.515. The largest absolute Gasteiger partial charge is 0.508 e. The summed E-state index contributed by atoms with van der Waals surface area (Å²) in [5.41, 5.74) is 0.986. The van der Waals surface area contributed by atoms with Crippen molar-refractivity contribution in [2.75, 3.05) is 7.11 Å². The Labute approximate surface area is 97.7 Å². The first-order valence-corrected chi connectivity index (χ1v) is 4.97. The van der Waals surface area contributed by atoms with Gasteiger partial charge in [0.15, 0.2) is 0 Å². The van der Waals surface area contributed by atoms with Crippen molar-refractivity contribution < 1.29 is 19.3 Å². The van der Waals surface area contributed by atoms with Crippen LogP contribution < -0.4 is 4.74 Å². The average molecular weight is 234 g/mol. The van der Waals surface area contributed by atoms with Gasteiger partial charge < -0.3 is 14.9 Å². The van der Waals surface area contributed by atoms with E-state index in [1.54, 1.807) is 6.07 Å². The molecule has 88 valence electrons. The molecule has 0 aliphatic carbocycles. The Balaban J connectivity index is 2.55.